The van der Waals surface area contributed by atoms with Crippen LogP contribution < -0.4 is 19.5 Å². The average molecular weight is 423 g/mol. The molecule has 0 radical (unpaired) electrons. The molecular weight excluding hydrogens is 398 g/mol. The van der Waals surface area contributed by atoms with Crippen LogP contribution >= 0.6 is 0 Å². The van der Waals surface area contributed by atoms with Crippen molar-refractivity contribution >= 4 is 11.7 Å². The molecule has 0 aliphatic carbocycles. The number of amides is 1. The van der Waals surface area contributed by atoms with E-state index < -0.39 is 0 Å². The van der Waals surface area contributed by atoms with Gasteiger partial charge in [0.2, 0.25) is 11.8 Å². The summed E-state index contributed by atoms with van der Waals surface area (Å²) in [6, 6.07) is 9.22. The van der Waals surface area contributed by atoms with Gasteiger partial charge in [0.15, 0.2) is 17.3 Å². The van der Waals surface area contributed by atoms with Crippen LogP contribution in [0.4, 0.5) is 5.82 Å². The number of hydrogen-bond acceptors (Lipinski definition) is 7. The fraction of sp³-hybridized carbons (Fsp3) is 0.364. The van der Waals surface area contributed by atoms with Crippen LogP contribution in [0.5, 0.6) is 17.4 Å². The SMILES string of the molecule is COc1ccc(-n2nc(C)c3c2NC(=O)C[C@H]3c2ccc(OC)c(OC(C)C)c2)nn1. The maximum atomic E-state index is 12.6. The Hall–Kier alpha value is -3.62. The number of aromatic nitrogens is 4. The Bertz CT molecular complexity index is 1110. The van der Waals surface area contributed by atoms with Gasteiger partial charge >= 0.3 is 0 Å². The molecule has 4 rings (SSSR count). The second-order valence-corrected chi connectivity index (χ2v) is 7.58. The van der Waals surface area contributed by atoms with E-state index in [2.05, 4.69) is 20.6 Å². The molecule has 1 aliphatic rings. The first-order valence-corrected chi connectivity index (χ1v) is 10.0. The predicted molar refractivity (Wildman–Crippen MR) is 114 cm³/mol. The zero-order chi connectivity index (χ0) is 22.1. The van der Waals surface area contributed by atoms with Gasteiger partial charge in [0.25, 0.3) is 0 Å². The van der Waals surface area contributed by atoms with Crippen molar-refractivity contribution in [2.45, 2.75) is 39.2 Å². The highest BCUT2D eigenvalue weighted by atomic mass is 16.5. The topological polar surface area (TPSA) is 100 Å². The lowest BCUT2D eigenvalue weighted by Crippen LogP contribution is -2.25. The summed E-state index contributed by atoms with van der Waals surface area (Å²) >= 11 is 0. The van der Waals surface area contributed by atoms with Gasteiger partial charge in [-0.2, -0.15) is 9.78 Å². The van der Waals surface area contributed by atoms with Gasteiger partial charge < -0.3 is 19.5 Å². The number of hydrogen-bond donors (Lipinski definition) is 1. The number of carbonyl (C=O) groups excluding carboxylic acids is 1. The molecule has 1 aromatic carbocycles. The number of ether oxygens (including phenoxy) is 3. The molecule has 3 heterocycles. The number of nitrogens with one attached hydrogen (secondary N) is 1. The first-order chi connectivity index (χ1) is 14.9. The van der Waals surface area contributed by atoms with Crippen molar-refractivity contribution in [3.05, 3.63) is 47.2 Å². The highest BCUT2D eigenvalue weighted by Gasteiger charge is 2.33. The maximum Gasteiger partial charge on any atom is 0.233 e. The first-order valence-electron chi connectivity index (χ1n) is 10.0. The van der Waals surface area contributed by atoms with Crippen molar-refractivity contribution in [2.75, 3.05) is 19.5 Å². The third kappa shape index (κ3) is 3.90. The molecule has 0 unspecified atom stereocenters. The lowest BCUT2D eigenvalue weighted by atomic mass is 9.85. The summed E-state index contributed by atoms with van der Waals surface area (Å²) in [5.41, 5.74) is 2.70. The van der Waals surface area contributed by atoms with E-state index in [1.165, 1.54) is 7.11 Å². The normalized spacial score (nSPS) is 15.4. The second-order valence-electron chi connectivity index (χ2n) is 7.58. The zero-order valence-corrected chi connectivity index (χ0v) is 18.2. The lowest BCUT2D eigenvalue weighted by molar-refractivity contribution is -0.116. The van der Waals surface area contributed by atoms with Crippen LogP contribution in [-0.4, -0.2) is 46.2 Å². The van der Waals surface area contributed by atoms with Gasteiger partial charge in [0, 0.05) is 24.0 Å². The summed E-state index contributed by atoms with van der Waals surface area (Å²) < 4.78 is 18.1. The Morgan fingerprint density at radius 3 is 2.55 bits per heavy atom. The number of benzene rings is 1. The molecule has 0 fully saturated rings. The molecule has 1 amide bonds. The third-order valence-corrected chi connectivity index (χ3v) is 5.11. The van der Waals surface area contributed by atoms with Crippen molar-refractivity contribution in [1.29, 1.82) is 0 Å². The quantitative estimate of drug-likeness (QED) is 0.649. The Labute approximate surface area is 180 Å². The van der Waals surface area contributed by atoms with Crippen molar-refractivity contribution in [2.24, 2.45) is 0 Å². The Morgan fingerprint density at radius 1 is 1.10 bits per heavy atom. The summed E-state index contributed by atoms with van der Waals surface area (Å²) in [6.45, 7) is 5.84. The first kappa shape index (κ1) is 20.6. The molecular formula is C22H25N5O4. The molecule has 1 aliphatic heterocycles. The highest BCUT2D eigenvalue weighted by molar-refractivity contribution is 5.95. The molecule has 31 heavy (non-hydrogen) atoms. The van der Waals surface area contributed by atoms with E-state index in [4.69, 9.17) is 14.2 Å². The molecule has 0 bridgehead atoms. The number of nitrogens with zero attached hydrogens (tertiary/aromatic N) is 4. The Kier molecular flexibility index (Phi) is 5.50. The molecule has 9 heteroatoms. The molecule has 162 valence electrons. The summed E-state index contributed by atoms with van der Waals surface area (Å²) in [4.78, 5) is 12.6. The van der Waals surface area contributed by atoms with E-state index in [1.807, 2.05) is 39.0 Å². The molecule has 0 spiro atoms. The molecule has 3 aromatic rings. The van der Waals surface area contributed by atoms with Gasteiger partial charge in [0.05, 0.1) is 26.0 Å². The average Bonchev–Trinajstić information content (AvgIpc) is 3.09. The Balaban J connectivity index is 1.79. The van der Waals surface area contributed by atoms with Crippen molar-refractivity contribution in [3.63, 3.8) is 0 Å². The predicted octanol–water partition coefficient (Wildman–Crippen LogP) is 3.25. The van der Waals surface area contributed by atoms with E-state index in [-0.39, 0.29) is 17.9 Å². The Morgan fingerprint density at radius 2 is 1.90 bits per heavy atom. The van der Waals surface area contributed by atoms with Gasteiger partial charge in [-0.15, -0.1) is 10.2 Å². The lowest BCUT2D eigenvalue weighted by Gasteiger charge is -2.25. The number of fused-ring (bicyclic) bond motifs is 1. The minimum atomic E-state index is -0.177. The van der Waals surface area contributed by atoms with Crippen molar-refractivity contribution < 1.29 is 19.0 Å². The van der Waals surface area contributed by atoms with Gasteiger partial charge in [-0.3, -0.25) is 4.79 Å². The van der Waals surface area contributed by atoms with Crippen molar-refractivity contribution in [1.82, 2.24) is 20.0 Å². The van der Waals surface area contributed by atoms with E-state index in [0.717, 1.165) is 16.8 Å². The van der Waals surface area contributed by atoms with Crippen LogP contribution in [0, 0.1) is 6.92 Å². The molecule has 2 aromatic heterocycles. The van der Waals surface area contributed by atoms with Crippen LogP contribution in [-0.2, 0) is 4.79 Å². The highest BCUT2D eigenvalue weighted by Crippen LogP contribution is 2.42. The van der Waals surface area contributed by atoms with E-state index in [9.17, 15) is 4.79 Å². The van der Waals surface area contributed by atoms with Gasteiger partial charge in [-0.1, -0.05) is 6.07 Å². The standard InChI is InChI=1S/C22H25N5O4/c1-12(2)31-17-10-14(6-7-16(17)29-4)15-11-19(28)23-22-21(15)13(3)26-27(22)18-8-9-20(30-5)25-24-18/h6-10,12,15H,11H2,1-5H3,(H,23,28)/t15-/m0/s1. The molecule has 1 atom stereocenters. The van der Waals surface area contributed by atoms with E-state index in [1.54, 1.807) is 23.9 Å². The number of rotatable bonds is 6. The summed E-state index contributed by atoms with van der Waals surface area (Å²) in [6.07, 6.45) is 0.300. The number of anilines is 1. The molecule has 9 nitrogen and oxygen atoms in total. The largest absolute Gasteiger partial charge is 0.493 e. The van der Waals surface area contributed by atoms with Gasteiger partial charge in [0.1, 0.15) is 5.82 Å². The minimum Gasteiger partial charge on any atom is -0.493 e. The van der Waals surface area contributed by atoms with E-state index in [0.29, 0.717) is 35.4 Å². The summed E-state index contributed by atoms with van der Waals surface area (Å²) in [7, 11) is 3.14. The number of methoxy groups -OCH3 is 2. The monoisotopic (exact) mass is 423 g/mol. The molecule has 1 N–H and O–H groups in total. The maximum absolute atomic E-state index is 12.6. The number of aryl methyl sites for hydroxylation is 1. The van der Waals surface area contributed by atoms with Crippen LogP contribution in [0.3, 0.4) is 0 Å². The summed E-state index contributed by atoms with van der Waals surface area (Å²) in [5.74, 6) is 2.52. The van der Waals surface area contributed by atoms with Crippen LogP contribution in [0.1, 0.15) is 43.0 Å². The summed E-state index contributed by atoms with van der Waals surface area (Å²) in [5, 5.41) is 15.8. The molecule has 0 saturated heterocycles. The fourth-order valence-corrected chi connectivity index (χ4v) is 3.79. The zero-order valence-electron chi connectivity index (χ0n) is 18.2. The van der Waals surface area contributed by atoms with Crippen molar-refractivity contribution in [3.8, 4) is 23.2 Å². The number of carbonyl (C=O) groups is 1. The second kappa shape index (κ2) is 8.25. The third-order valence-electron chi connectivity index (χ3n) is 5.11. The minimum absolute atomic E-state index is 0.00695. The van der Waals surface area contributed by atoms with Crippen LogP contribution in [0.15, 0.2) is 30.3 Å². The smallest absolute Gasteiger partial charge is 0.233 e. The van der Waals surface area contributed by atoms with Crippen LogP contribution in [0.2, 0.25) is 0 Å². The molecule has 0 saturated carbocycles. The van der Waals surface area contributed by atoms with Crippen LogP contribution in [0.25, 0.3) is 5.82 Å². The van der Waals surface area contributed by atoms with E-state index >= 15 is 0 Å². The van der Waals surface area contributed by atoms with Gasteiger partial charge in [-0.25, -0.2) is 0 Å². The fourth-order valence-electron chi connectivity index (χ4n) is 3.79. The van der Waals surface area contributed by atoms with Gasteiger partial charge in [-0.05, 0) is 44.5 Å².